The first-order valence-corrected chi connectivity index (χ1v) is 8.88. The van der Waals surface area contributed by atoms with Gasteiger partial charge in [-0.1, -0.05) is 34.8 Å². The van der Waals surface area contributed by atoms with Crippen LogP contribution in [0.15, 0.2) is 0 Å². The van der Waals surface area contributed by atoms with Crippen molar-refractivity contribution in [1.29, 1.82) is 0 Å². The van der Waals surface area contributed by atoms with Gasteiger partial charge < -0.3 is 19.7 Å². The van der Waals surface area contributed by atoms with Crippen molar-refractivity contribution in [3.05, 3.63) is 0 Å². The Balaban J connectivity index is 1.69. The summed E-state index contributed by atoms with van der Waals surface area (Å²) in [5, 5.41) is 3.20. The van der Waals surface area contributed by atoms with E-state index in [1.807, 2.05) is 0 Å². The van der Waals surface area contributed by atoms with Gasteiger partial charge in [0, 0.05) is 26.2 Å². The monoisotopic (exact) mass is 384 g/mol. The van der Waals surface area contributed by atoms with Crippen molar-refractivity contribution in [2.24, 2.45) is 11.8 Å². The van der Waals surface area contributed by atoms with Crippen LogP contribution in [0.5, 0.6) is 0 Å². The van der Waals surface area contributed by atoms with Gasteiger partial charge in [0.25, 0.3) is 0 Å². The van der Waals surface area contributed by atoms with Crippen LogP contribution in [0.3, 0.4) is 0 Å². The molecule has 0 saturated carbocycles. The Bertz CT molecular complexity index is 479. The third-order valence-electron chi connectivity index (χ3n) is 4.64. The number of rotatable bonds is 3. The molecule has 0 aromatic carbocycles. The summed E-state index contributed by atoms with van der Waals surface area (Å²) >= 11 is 16.9. The molecule has 3 aliphatic rings. The molecular weight excluding hydrogens is 367 g/mol. The average molecular weight is 386 g/mol. The number of fused-ring (bicyclic) bond motifs is 2. The lowest BCUT2D eigenvalue weighted by Crippen LogP contribution is -2.52. The predicted octanol–water partition coefficient (Wildman–Crippen LogP) is 1.13. The summed E-state index contributed by atoms with van der Waals surface area (Å²) in [5.41, 5.74) is 0. The number of alkyl halides is 3. The number of amides is 1. The quantitative estimate of drug-likeness (QED) is 0.582. The summed E-state index contributed by atoms with van der Waals surface area (Å²) in [7, 11) is 0. The molecular formula is C14H19Cl3N2O4. The summed E-state index contributed by atoms with van der Waals surface area (Å²) in [6.45, 7) is 2.47. The smallest absolute Gasteiger partial charge is 0.312 e. The summed E-state index contributed by atoms with van der Waals surface area (Å²) < 4.78 is 9.25. The molecule has 23 heavy (non-hydrogen) atoms. The maximum absolute atomic E-state index is 12.8. The summed E-state index contributed by atoms with van der Waals surface area (Å²) in [6, 6.07) is 0. The second-order valence-electron chi connectivity index (χ2n) is 6.14. The van der Waals surface area contributed by atoms with Crippen LogP contribution in [0.4, 0.5) is 0 Å². The van der Waals surface area contributed by atoms with Gasteiger partial charge in [-0.3, -0.25) is 9.59 Å². The van der Waals surface area contributed by atoms with E-state index in [0.717, 1.165) is 25.9 Å². The zero-order valence-electron chi connectivity index (χ0n) is 12.5. The zero-order valence-corrected chi connectivity index (χ0v) is 14.7. The van der Waals surface area contributed by atoms with Gasteiger partial charge in [0.05, 0.1) is 24.0 Å². The molecule has 0 aliphatic carbocycles. The van der Waals surface area contributed by atoms with Gasteiger partial charge >= 0.3 is 5.97 Å². The minimum absolute atomic E-state index is 0.0328. The van der Waals surface area contributed by atoms with Crippen LogP contribution >= 0.6 is 34.8 Å². The number of nitrogens with one attached hydrogen (secondary N) is 1. The topological polar surface area (TPSA) is 67.9 Å². The number of halogens is 3. The van der Waals surface area contributed by atoms with Crippen LogP contribution in [0.1, 0.15) is 12.8 Å². The molecule has 6 nitrogen and oxygen atoms in total. The number of carbonyl (C=O) groups excluding carboxylic acids is 2. The maximum Gasteiger partial charge on any atom is 0.312 e. The molecule has 1 N–H and O–H groups in total. The van der Waals surface area contributed by atoms with Crippen molar-refractivity contribution >= 4 is 46.7 Å². The lowest BCUT2D eigenvalue weighted by atomic mass is 9.78. The van der Waals surface area contributed by atoms with Crippen LogP contribution < -0.4 is 5.32 Å². The summed E-state index contributed by atoms with van der Waals surface area (Å²) in [4.78, 5) is 27.0. The van der Waals surface area contributed by atoms with Crippen molar-refractivity contribution in [3.8, 4) is 0 Å². The number of hydrogen-bond acceptors (Lipinski definition) is 5. The number of hydrogen-bond donors (Lipinski definition) is 1. The SMILES string of the molecule is O=C(OCC(Cl)(Cl)Cl)[C@H]1[C@@H](C(=O)N2CCNCC2)[C@@H]2CC[C@H]1O2. The van der Waals surface area contributed by atoms with Gasteiger partial charge in [0.15, 0.2) is 0 Å². The van der Waals surface area contributed by atoms with E-state index in [-0.39, 0.29) is 24.7 Å². The van der Waals surface area contributed by atoms with Gasteiger partial charge in [-0.05, 0) is 12.8 Å². The third kappa shape index (κ3) is 3.87. The molecule has 1 amide bonds. The van der Waals surface area contributed by atoms with E-state index in [4.69, 9.17) is 44.3 Å². The van der Waals surface area contributed by atoms with E-state index in [1.54, 1.807) is 4.90 Å². The molecule has 0 aromatic heterocycles. The maximum atomic E-state index is 12.8. The van der Waals surface area contributed by atoms with Gasteiger partial charge in [-0.2, -0.15) is 0 Å². The Morgan fingerprint density at radius 3 is 2.35 bits per heavy atom. The molecule has 9 heteroatoms. The van der Waals surface area contributed by atoms with E-state index >= 15 is 0 Å². The van der Waals surface area contributed by atoms with Crippen LogP contribution in [-0.2, 0) is 19.1 Å². The predicted molar refractivity (Wildman–Crippen MR) is 85.6 cm³/mol. The largest absolute Gasteiger partial charge is 0.461 e. The van der Waals surface area contributed by atoms with E-state index in [2.05, 4.69) is 5.32 Å². The molecule has 0 radical (unpaired) electrons. The van der Waals surface area contributed by atoms with Crippen molar-refractivity contribution < 1.29 is 19.1 Å². The summed E-state index contributed by atoms with van der Waals surface area (Å²) in [6.07, 6.45) is 1.05. The number of carbonyl (C=O) groups is 2. The Morgan fingerprint density at radius 1 is 1.13 bits per heavy atom. The highest BCUT2D eigenvalue weighted by molar-refractivity contribution is 6.67. The standard InChI is InChI=1S/C14H19Cl3N2O4/c15-14(16,17)7-22-13(21)11-9-2-1-8(23-9)10(11)12(20)19-5-3-18-4-6-19/h8-11,18H,1-7H2/t8-,9+,10-,11+/m0/s1. The van der Waals surface area contributed by atoms with Crippen molar-refractivity contribution in [2.45, 2.75) is 28.8 Å². The molecule has 4 atom stereocenters. The number of piperazine rings is 1. The van der Waals surface area contributed by atoms with Crippen LogP contribution in [0.25, 0.3) is 0 Å². The Morgan fingerprint density at radius 2 is 1.74 bits per heavy atom. The van der Waals surface area contributed by atoms with Gasteiger partial charge in [-0.15, -0.1) is 0 Å². The fraction of sp³-hybridized carbons (Fsp3) is 0.857. The van der Waals surface area contributed by atoms with E-state index in [9.17, 15) is 9.59 Å². The first kappa shape index (κ1) is 17.5. The number of esters is 1. The minimum atomic E-state index is -1.66. The first-order chi connectivity index (χ1) is 10.9. The Kier molecular flexibility index (Phi) is 5.28. The highest BCUT2D eigenvalue weighted by atomic mass is 35.6. The molecule has 3 fully saturated rings. The van der Waals surface area contributed by atoms with Crippen LogP contribution in [0.2, 0.25) is 0 Å². The van der Waals surface area contributed by atoms with Crippen molar-refractivity contribution in [3.63, 3.8) is 0 Å². The number of nitrogens with zero attached hydrogens (tertiary/aromatic N) is 1. The molecule has 2 bridgehead atoms. The van der Waals surface area contributed by atoms with E-state index in [0.29, 0.717) is 13.1 Å². The van der Waals surface area contributed by atoms with Gasteiger partial charge in [0.1, 0.15) is 6.61 Å². The van der Waals surface area contributed by atoms with Crippen LogP contribution in [-0.4, -0.2) is 65.6 Å². The molecule has 3 saturated heterocycles. The molecule has 3 aliphatic heterocycles. The van der Waals surface area contributed by atoms with Crippen molar-refractivity contribution in [1.82, 2.24) is 10.2 Å². The highest BCUT2D eigenvalue weighted by Crippen LogP contribution is 2.45. The minimum Gasteiger partial charge on any atom is -0.461 e. The van der Waals surface area contributed by atoms with Gasteiger partial charge in [-0.25, -0.2) is 0 Å². The lowest BCUT2D eigenvalue weighted by Gasteiger charge is -2.33. The second-order valence-corrected chi connectivity index (χ2v) is 8.66. The first-order valence-electron chi connectivity index (χ1n) is 7.75. The molecule has 130 valence electrons. The van der Waals surface area contributed by atoms with Crippen LogP contribution in [0, 0.1) is 11.8 Å². The highest BCUT2D eigenvalue weighted by Gasteiger charge is 2.57. The molecule has 0 aromatic rings. The molecule has 0 unspecified atom stereocenters. The Hall–Kier alpha value is -0.270. The molecule has 3 rings (SSSR count). The van der Waals surface area contributed by atoms with Crippen molar-refractivity contribution in [2.75, 3.05) is 32.8 Å². The second kappa shape index (κ2) is 6.92. The fourth-order valence-electron chi connectivity index (χ4n) is 3.64. The fourth-order valence-corrected chi connectivity index (χ4v) is 3.80. The summed E-state index contributed by atoms with van der Waals surface area (Å²) in [5.74, 6) is -1.65. The Labute approximate surface area is 149 Å². The van der Waals surface area contributed by atoms with E-state index in [1.165, 1.54) is 0 Å². The third-order valence-corrected chi connectivity index (χ3v) is 4.96. The normalized spacial score (nSPS) is 33.8. The average Bonchev–Trinajstić information content (AvgIpc) is 3.13. The zero-order chi connectivity index (χ0) is 16.6. The molecule has 0 spiro atoms. The molecule has 3 heterocycles. The van der Waals surface area contributed by atoms with Gasteiger partial charge in [0.2, 0.25) is 9.70 Å². The lowest BCUT2D eigenvalue weighted by molar-refractivity contribution is -0.156. The van der Waals surface area contributed by atoms with E-state index < -0.39 is 21.6 Å². The number of ether oxygens (including phenoxy) is 2.